The van der Waals surface area contributed by atoms with Crippen LogP contribution in [0.2, 0.25) is 10.0 Å². The summed E-state index contributed by atoms with van der Waals surface area (Å²) < 4.78 is 5.81. The number of nitriles is 1. The number of amides is 2. The van der Waals surface area contributed by atoms with Gasteiger partial charge in [0.25, 0.3) is 11.1 Å². The maximum absolute atomic E-state index is 13.1. The topological polar surface area (TPSA) is 70.4 Å². The van der Waals surface area contributed by atoms with Gasteiger partial charge < -0.3 is 4.74 Å². The smallest absolute Gasteiger partial charge is 0.293 e. The zero-order valence-corrected chi connectivity index (χ0v) is 21.6. The zero-order chi connectivity index (χ0) is 25.9. The van der Waals surface area contributed by atoms with Crippen LogP contribution in [0.1, 0.15) is 22.3 Å². The van der Waals surface area contributed by atoms with E-state index in [1.54, 1.807) is 36.4 Å². The molecule has 1 aliphatic heterocycles. The minimum atomic E-state index is -0.372. The Morgan fingerprint density at radius 3 is 2.38 bits per heavy atom. The minimum absolute atomic E-state index is 0.121. The highest BCUT2D eigenvalue weighted by Gasteiger charge is 2.35. The van der Waals surface area contributed by atoms with E-state index in [0.717, 1.165) is 28.1 Å². The molecule has 0 radical (unpaired) electrons. The highest BCUT2D eigenvalue weighted by atomic mass is 35.5. The van der Waals surface area contributed by atoms with Gasteiger partial charge in [0, 0.05) is 5.56 Å². The van der Waals surface area contributed by atoms with Crippen molar-refractivity contribution in [1.29, 1.82) is 5.26 Å². The van der Waals surface area contributed by atoms with E-state index in [-0.39, 0.29) is 45.0 Å². The van der Waals surface area contributed by atoms with E-state index in [4.69, 9.17) is 27.9 Å². The Hall–Kier alpha value is -3.76. The van der Waals surface area contributed by atoms with Crippen LogP contribution in [0.5, 0.6) is 5.75 Å². The fourth-order valence-electron chi connectivity index (χ4n) is 4.09. The monoisotopic (exact) mass is 544 g/mol. The van der Waals surface area contributed by atoms with Crippen LogP contribution in [0.3, 0.4) is 0 Å². The van der Waals surface area contributed by atoms with Gasteiger partial charge in [0.15, 0.2) is 5.75 Å². The van der Waals surface area contributed by atoms with Crippen molar-refractivity contribution in [2.75, 3.05) is 0 Å². The second-order valence-electron chi connectivity index (χ2n) is 8.28. The van der Waals surface area contributed by atoms with Gasteiger partial charge in [-0.3, -0.25) is 14.5 Å². The number of ether oxygens (including phenoxy) is 1. The highest BCUT2D eigenvalue weighted by molar-refractivity contribution is 8.18. The number of imide groups is 1. The lowest BCUT2D eigenvalue weighted by Gasteiger charge is -2.14. The van der Waals surface area contributed by atoms with Crippen molar-refractivity contribution >= 4 is 63.0 Å². The molecule has 1 saturated heterocycles. The molecule has 0 unspecified atom stereocenters. The number of nitrogens with zero attached hydrogens (tertiary/aromatic N) is 2. The summed E-state index contributed by atoms with van der Waals surface area (Å²) in [6.07, 6.45) is 1.60. The van der Waals surface area contributed by atoms with Crippen molar-refractivity contribution in [3.05, 3.63) is 116 Å². The number of thioether (sulfide) groups is 1. The first-order valence-corrected chi connectivity index (χ1v) is 12.8. The van der Waals surface area contributed by atoms with Gasteiger partial charge in [-0.05, 0) is 57.9 Å². The Morgan fingerprint density at radius 1 is 0.919 bits per heavy atom. The summed E-state index contributed by atoms with van der Waals surface area (Å²) in [5.74, 6) is -0.0964. The average molecular weight is 545 g/mol. The largest absolute Gasteiger partial charge is 0.486 e. The SMILES string of the molecule is N#Cc1ccccc1COc1c(Cl)cc(/C=C2/SC(=O)N(Cc3cccc4ccccc34)C2=O)cc1Cl. The molecule has 8 heteroatoms. The lowest BCUT2D eigenvalue weighted by atomic mass is 10.0. The molecule has 0 spiro atoms. The van der Waals surface area contributed by atoms with Gasteiger partial charge in [0.05, 0.1) is 33.1 Å². The lowest BCUT2D eigenvalue weighted by molar-refractivity contribution is -0.123. The van der Waals surface area contributed by atoms with Crippen LogP contribution in [-0.2, 0) is 17.9 Å². The summed E-state index contributed by atoms with van der Waals surface area (Å²) >= 11 is 13.8. The fourth-order valence-corrected chi connectivity index (χ4v) is 5.55. The summed E-state index contributed by atoms with van der Waals surface area (Å²) in [5.41, 5.74) is 2.68. The zero-order valence-electron chi connectivity index (χ0n) is 19.3. The van der Waals surface area contributed by atoms with Gasteiger partial charge in [-0.1, -0.05) is 83.9 Å². The van der Waals surface area contributed by atoms with Crippen molar-refractivity contribution in [1.82, 2.24) is 4.90 Å². The summed E-state index contributed by atoms with van der Waals surface area (Å²) in [5, 5.41) is 11.5. The number of fused-ring (bicyclic) bond motifs is 1. The van der Waals surface area contributed by atoms with Crippen molar-refractivity contribution in [2.24, 2.45) is 0 Å². The molecule has 1 fully saturated rings. The number of carbonyl (C=O) groups excluding carboxylic acids is 2. The van der Waals surface area contributed by atoms with Gasteiger partial charge in [-0.2, -0.15) is 5.26 Å². The first-order chi connectivity index (χ1) is 17.9. The normalized spacial score (nSPS) is 14.4. The van der Waals surface area contributed by atoms with Gasteiger partial charge >= 0.3 is 0 Å². The van der Waals surface area contributed by atoms with E-state index in [9.17, 15) is 14.9 Å². The van der Waals surface area contributed by atoms with Crippen LogP contribution < -0.4 is 4.74 Å². The van der Waals surface area contributed by atoms with Crippen LogP contribution in [0, 0.1) is 11.3 Å². The third kappa shape index (κ3) is 5.21. The second kappa shape index (κ2) is 10.7. The molecule has 4 aromatic carbocycles. The van der Waals surface area contributed by atoms with Crippen LogP contribution in [0.4, 0.5) is 4.79 Å². The Kier molecular flexibility index (Phi) is 7.20. The molecule has 0 N–H and O–H groups in total. The molecule has 0 saturated carbocycles. The molecule has 1 heterocycles. The van der Waals surface area contributed by atoms with Gasteiger partial charge in [-0.25, -0.2) is 0 Å². The van der Waals surface area contributed by atoms with Crippen LogP contribution in [0.25, 0.3) is 16.8 Å². The molecule has 0 bridgehead atoms. The van der Waals surface area contributed by atoms with Gasteiger partial charge in [-0.15, -0.1) is 0 Å². The van der Waals surface area contributed by atoms with E-state index >= 15 is 0 Å². The molecule has 0 aliphatic carbocycles. The molecule has 1 aliphatic rings. The standard InChI is InChI=1S/C29H18Cl2N2O3S/c30-24-12-18(13-25(31)27(24)36-17-22-8-2-1-7-20(22)15-32)14-26-28(34)33(29(35)37-26)16-21-10-5-9-19-6-3-4-11-23(19)21/h1-14H,16-17H2/b26-14+. The average Bonchev–Trinajstić information content (AvgIpc) is 3.15. The van der Waals surface area contributed by atoms with Gasteiger partial charge in [0.1, 0.15) is 6.61 Å². The summed E-state index contributed by atoms with van der Waals surface area (Å²) in [6.45, 7) is 0.303. The Balaban J connectivity index is 1.35. The van der Waals surface area contributed by atoms with Gasteiger partial charge in [0.2, 0.25) is 0 Å². The molecule has 182 valence electrons. The molecule has 0 atom stereocenters. The minimum Gasteiger partial charge on any atom is -0.486 e. The number of halogens is 2. The molecule has 37 heavy (non-hydrogen) atoms. The first kappa shape index (κ1) is 24.9. The number of carbonyl (C=O) groups is 2. The molecule has 5 rings (SSSR count). The maximum atomic E-state index is 13.1. The quantitative estimate of drug-likeness (QED) is 0.231. The predicted molar refractivity (Wildman–Crippen MR) is 147 cm³/mol. The van der Waals surface area contributed by atoms with Crippen LogP contribution in [-0.4, -0.2) is 16.0 Å². The number of rotatable bonds is 6. The predicted octanol–water partition coefficient (Wildman–Crippen LogP) is 7.83. The molecule has 0 aromatic heterocycles. The van der Waals surface area contributed by atoms with Crippen molar-refractivity contribution in [2.45, 2.75) is 13.2 Å². The Bertz CT molecular complexity index is 1600. The summed E-state index contributed by atoms with van der Waals surface area (Å²) in [4.78, 5) is 27.4. The van der Waals surface area contributed by atoms with Crippen molar-refractivity contribution in [3.63, 3.8) is 0 Å². The Labute approximate surface area is 227 Å². The molecule has 2 amide bonds. The van der Waals surface area contributed by atoms with Crippen molar-refractivity contribution in [3.8, 4) is 11.8 Å². The van der Waals surface area contributed by atoms with E-state index in [0.29, 0.717) is 16.7 Å². The molecular weight excluding hydrogens is 527 g/mol. The molecule has 4 aromatic rings. The molecule has 5 nitrogen and oxygen atoms in total. The van der Waals surface area contributed by atoms with E-state index < -0.39 is 0 Å². The number of hydrogen-bond acceptors (Lipinski definition) is 5. The number of hydrogen-bond donors (Lipinski definition) is 0. The van der Waals surface area contributed by atoms with E-state index in [1.807, 2.05) is 48.5 Å². The second-order valence-corrected chi connectivity index (χ2v) is 10.1. The third-order valence-electron chi connectivity index (χ3n) is 5.91. The van der Waals surface area contributed by atoms with Crippen molar-refractivity contribution < 1.29 is 14.3 Å². The summed E-state index contributed by atoms with van der Waals surface area (Å²) in [6, 6.07) is 26.2. The highest BCUT2D eigenvalue weighted by Crippen LogP contribution is 2.38. The third-order valence-corrected chi connectivity index (χ3v) is 7.38. The first-order valence-electron chi connectivity index (χ1n) is 11.3. The van der Waals surface area contributed by atoms with Crippen LogP contribution >= 0.6 is 35.0 Å². The fraction of sp³-hybridized carbons (Fsp3) is 0.0690. The lowest BCUT2D eigenvalue weighted by Crippen LogP contribution is -2.27. The number of benzene rings is 4. The maximum Gasteiger partial charge on any atom is 0.293 e. The van der Waals surface area contributed by atoms with E-state index in [2.05, 4.69) is 6.07 Å². The molecular formula is C29H18Cl2N2O3S. The van der Waals surface area contributed by atoms with E-state index in [1.165, 1.54) is 4.90 Å². The van der Waals surface area contributed by atoms with Crippen LogP contribution in [0.15, 0.2) is 83.8 Å². The summed E-state index contributed by atoms with van der Waals surface area (Å²) in [7, 11) is 0. The Morgan fingerprint density at radius 2 is 1.59 bits per heavy atom.